The number of benzene rings is 1. The van der Waals surface area contributed by atoms with Gasteiger partial charge in [-0.15, -0.1) is 0 Å². The van der Waals surface area contributed by atoms with Crippen LogP contribution < -0.4 is 4.72 Å². The first-order chi connectivity index (χ1) is 10.5. The zero-order chi connectivity index (χ0) is 16.3. The van der Waals surface area contributed by atoms with E-state index in [0.29, 0.717) is 6.04 Å². The van der Waals surface area contributed by atoms with E-state index in [9.17, 15) is 0 Å². The molecule has 1 aromatic heterocycles. The lowest BCUT2D eigenvalue weighted by Gasteiger charge is -2.16. The molecular formula is C17H26BrN3S. The van der Waals surface area contributed by atoms with E-state index in [2.05, 4.69) is 82.6 Å². The third-order valence-electron chi connectivity index (χ3n) is 4.10. The maximum absolute atomic E-state index is 3.62. The molecule has 0 aliphatic heterocycles. The minimum atomic E-state index is 0.523. The van der Waals surface area contributed by atoms with E-state index in [4.69, 9.17) is 0 Å². The fraction of sp³-hybridized carbons (Fsp3) is 0.529. The molecule has 3 nitrogen and oxygen atoms in total. The van der Waals surface area contributed by atoms with Crippen molar-refractivity contribution in [3.05, 3.63) is 33.9 Å². The Kier molecular flexibility index (Phi) is 6.38. The van der Waals surface area contributed by atoms with Crippen LogP contribution in [-0.2, 0) is 6.42 Å². The molecule has 2 rings (SSSR count). The van der Waals surface area contributed by atoms with Crippen molar-refractivity contribution >= 4 is 39.0 Å². The Morgan fingerprint density at radius 1 is 1.36 bits per heavy atom. The van der Waals surface area contributed by atoms with Gasteiger partial charge in [0.1, 0.15) is 0 Å². The molecule has 0 bridgehead atoms. The van der Waals surface area contributed by atoms with Gasteiger partial charge in [-0.3, -0.25) is 4.72 Å². The molecular weight excluding hydrogens is 358 g/mol. The van der Waals surface area contributed by atoms with E-state index in [-0.39, 0.29) is 0 Å². The topological polar surface area (TPSA) is 20.2 Å². The summed E-state index contributed by atoms with van der Waals surface area (Å²) < 4.78 is 9.13. The van der Waals surface area contributed by atoms with E-state index >= 15 is 0 Å². The monoisotopic (exact) mass is 383 g/mol. The first-order valence-corrected chi connectivity index (χ1v) is 9.38. The number of hydrogen-bond donors (Lipinski definition) is 1. The highest BCUT2D eigenvalue weighted by molar-refractivity contribution is 9.10. The third-order valence-corrected chi connectivity index (χ3v) is 5.29. The van der Waals surface area contributed by atoms with Crippen LogP contribution in [0, 0.1) is 6.92 Å². The van der Waals surface area contributed by atoms with Crippen molar-refractivity contribution in [1.82, 2.24) is 13.6 Å². The van der Waals surface area contributed by atoms with Gasteiger partial charge < -0.3 is 4.57 Å². The first kappa shape index (κ1) is 17.9. The summed E-state index contributed by atoms with van der Waals surface area (Å²) in [5, 5.41) is 1.39. The highest BCUT2D eigenvalue weighted by Crippen LogP contribution is 2.32. The standard InChI is InChI=1S/C17H26BrN3S/c1-6-12(2)21-13(3)15(9-10-19-22-20(4)5)16-8-7-14(18)11-17(16)21/h7-8,11-12,19H,6,9-10H2,1-5H3. The largest absolute Gasteiger partial charge is 0.342 e. The molecule has 0 fully saturated rings. The minimum absolute atomic E-state index is 0.523. The summed E-state index contributed by atoms with van der Waals surface area (Å²) >= 11 is 5.27. The number of hydrogen-bond acceptors (Lipinski definition) is 3. The van der Waals surface area contributed by atoms with Crippen molar-refractivity contribution < 1.29 is 0 Å². The molecule has 1 heterocycles. The Morgan fingerprint density at radius 2 is 2.09 bits per heavy atom. The summed E-state index contributed by atoms with van der Waals surface area (Å²) in [5.74, 6) is 0. The van der Waals surface area contributed by atoms with Gasteiger partial charge in [-0.05, 0) is 58.5 Å². The number of halogens is 1. The van der Waals surface area contributed by atoms with E-state index in [1.807, 2.05) is 0 Å². The van der Waals surface area contributed by atoms with Gasteiger partial charge in [-0.1, -0.05) is 28.9 Å². The summed E-state index contributed by atoms with van der Waals surface area (Å²) in [4.78, 5) is 0. The van der Waals surface area contributed by atoms with Gasteiger partial charge >= 0.3 is 0 Å². The molecule has 0 spiro atoms. The van der Waals surface area contributed by atoms with Gasteiger partial charge in [-0.2, -0.15) is 0 Å². The van der Waals surface area contributed by atoms with Crippen LogP contribution in [0.5, 0.6) is 0 Å². The molecule has 1 unspecified atom stereocenters. The summed E-state index contributed by atoms with van der Waals surface area (Å²) in [6.45, 7) is 7.79. The lowest BCUT2D eigenvalue weighted by molar-refractivity contribution is 0.535. The van der Waals surface area contributed by atoms with Crippen molar-refractivity contribution in [3.8, 4) is 0 Å². The van der Waals surface area contributed by atoms with Crippen molar-refractivity contribution in [3.63, 3.8) is 0 Å². The summed E-state index contributed by atoms with van der Waals surface area (Å²) in [6.07, 6.45) is 2.19. The van der Waals surface area contributed by atoms with E-state index in [1.54, 1.807) is 12.1 Å². The fourth-order valence-electron chi connectivity index (χ4n) is 2.90. The minimum Gasteiger partial charge on any atom is -0.342 e. The molecule has 0 amide bonds. The Labute approximate surface area is 146 Å². The number of rotatable bonds is 7. The van der Waals surface area contributed by atoms with Crippen molar-refractivity contribution in [1.29, 1.82) is 0 Å². The summed E-state index contributed by atoms with van der Waals surface area (Å²) in [5.41, 5.74) is 4.21. The zero-order valence-corrected chi connectivity index (χ0v) is 16.5. The van der Waals surface area contributed by atoms with Crippen LogP contribution in [0.25, 0.3) is 10.9 Å². The van der Waals surface area contributed by atoms with Crippen molar-refractivity contribution in [2.75, 3.05) is 20.6 Å². The molecule has 0 aliphatic rings. The molecule has 0 aliphatic carbocycles. The molecule has 2 aromatic rings. The Balaban J connectivity index is 2.35. The van der Waals surface area contributed by atoms with Gasteiger partial charge in [0.2, 0.25) is 0 Å². The summed E-state index contributed by atoms with van der Waals surface area (Å²) in [6, 6.07) is 7.17. The number of nitrogens with zero attached hydrogens (tertiary/aromatic N) is 2. The lowest BCUT2D eigenvalue weighted by Crippen LogP contribution is -2.15. The van der Waals surface area contributed by atoms with Crippen LogP contribution in [0.3, 0.4) is 0 Å². The Morgan fingerprint density at radius 3 is 2.73 bits per heavy atom. The zero-order valence-electron chi connectivity index (χ0n) is 14.1. The average molecular weight is 384 g/mol. The van der Waals surface area contributed by atoms with Gasteiger partial charge in [0.15, 0.2) is 0 Å². The summed E-state index contributed by atoms with van der Waals surface area (Å²) in [7, 11) is 4.10. The second-order valence-corrected chi connectivity index (χ2v) is 8.02. The SMILES string of the molecule is CCC(C)n1c(C)c(CCNSN(C)C)c2ccc(Br)cc21. The predicted octanol–water partition coefficient (Wildman–Crippen LogP) is 4.94. The van der Waals surface area contributed by atoms with Crippen LogP contribution in [0.4, 0.5) is 0 Å². The second kappa shape index (κ2) is 7.86. The quantitative estimate of drug-likeness (QED) is 0.539. The van der Waals surface area contributed by atoms with Gasteiger partial charge in [0.25, 0.3) is 0 Å². The van der Waals surface area contributed by atoms with Crippen LogP contribution >= 0.6 is 28.1 Å². The van der Waals surface area contributed by atoms with E-state index in [1.165, 1.54) is 22.2 Å². The normalized spacial score (nSPS) is 13.2. The van der Waals surface area contributed by atoms with Crippen molar-refractivity contribution in [2.24, 2.45) is 0 Å². The molecule has 5 heteroatoms. The Bertz CT molecular complexity index is 636. The number of fused-ring (bicyclic) bond motifs is 1. The predicted molar refractivity (Wildman–Crippen MR) is 102 cm³/mol. The average Bonchev–Trinajstić information content (AvgIpc) is 2.74. The molecule has 1 N–H and O–H groups in total. The van der Waals surface area contributed by atoms with Crippen LogP contribution in [0.15, 0.2) is 22.7 Å². The second-order valence-electron chi connectivity index (χ2n) is 5.90. The van der Waals surface area contributed by atoms with Gasteiger partial charge in [0, 0.05) is 45.8 Å². The van der Waals surface area contributed by atoms with Crippen LogP contribution in [-0.4, -0.2) is 29.5 Å². The van der Waals surface area contributed by atoms with E-state index in [0.717, 1.165) is 23.9 Å². The van der Waals surface area contributed by atoms with Gasteiger partial charge in [-0.25, -0.2) is 4.31 Å². The van der Waals surface area contributed by atoms with Crippen LogP contribution in [0.2, 0.25) is 0 Å². The number of aromatic nitrogens is 1. The molecule has 0 radical (unpaired) electrons. The fourth-order valence-corrected chi connectivity index (χ4v) is 3.70. The molecule has 0 saturated heterocycles. The third kappa shape index (κ3) is 3.88. The molecule has 0 saturated carbocycles. The van der Waals surface area contributed by atoms with Gasteiger partial charge in [0.05, 0.1) is 0 Å². The maximum Gasteiger partial charge on any atom is 0.0499 e. The smallest absolute Gasteiger partial charge is 0.0499 e. The van der Waals surface area contributed by atoms with Crippen LogP contribution in [0.1, 0.15) is 37.6 Å². The maximum atomic E-state index is 3.62. The first-order valence-electron chi connectivity index (χ1n) is 7.81. The molecule has 1 atom stereocenters. The molecule has 122 valence electrons. The van der Waals surface area contributed by atoms with E-state index < -0.39 is 0 Å². The van der Waals surface area contributed by atoms with Crippen molar-refractivity contribution in [2.45, 2.75) is 39.7 Å². The number of nitrogens with one attached hydrogen (secondary N) is 1. The molecule has 22 heavy (non-hydrogen) atoms. The lowest BCUT2D eigenvalue weighted by atomic mass is 10.1. The highest BCUT2D eigenvalue weighted by Gasteiger charge is 2.17. The molecule has 1 aromatic carbocycles. The Hall–Kier alpha value is -0.490. The highest BCUT2D eigenvalue weighted by atomic mass is 79.9.